The van der Waals surface area contributed by atoms with E-state index in [9.17, 15) is 4.79 Å². The van der Waals surface area contributed by atoms with Crippen LogP contribution < -0.4 is 0 Å². The molecule has 0 amide bonds. The Morgan fingerprint density at radius 1 is 1.42 bits per heavy atom. The Kier molecular flexibility index (Phi) is 4.93. The van der Waals surface area contributed by atoms with Gasteiger partial charge in [-0.25, -0.2) is 0 Å². The smallest absolute Gasteiger partial charge is 0.176 e. The fraction of sp³-hybridized carbons (Fsp3) is 0.533. The number of hydrogen-bond acceptors (Lipinski definition) is 3. The average Bonchev–Trinajstić information content (AvgIpc) is 2.51. The fourth-order valence-corrected chi connectivity index (χ4v) is 3.50. The summed E-state index contributed by atoms with van der Waals surface area (Å²) in [4.78, 5) is 14.5. The van der Waals surface area contributed by atoms with E-state index in [-0.39, 0.29) is 5.78 Å². The van der Waals surface area contributed by atoms with Crippen LogP contribution in [-0.4, -0.2) is 40.8 Å². The maximum absolute atomic E-state index is 12.2. The van der Waals surface area contributed by atoms with Crippen molar-refractivity contribution in [1.29, 1.82) is 0 Å². The summed E-state index contributed by atoms with van der Waals surface area (Å²) in [6.07, 6.45) is 1.13. The number of ketones is 1. The quantitative estimate of drug-likeness (QED) is 0.793. The number of halogens is 1. The minimum absolute atomic E-state index is 0.159. The van der Waals surface area contributed by atoms with E-state index in [1.807, 2.05) is 23.9 Å². The Morgan fingerprint density at radius 2 is 2.21 bits per heavy atom. The molecule has 0 unspecified atom stereocenters. The summed E-state index contributed by atoms with van der Waals surface area (Å²) in [6.45, 7) is 7.03. The molecule has 1 aromatic rings. The van der Waals surface area contributed by atoms with Crippen molar-refractivity contribution in [2.75, 3.05) is 25.4 Å². The van der Waals surface area contributed by atoms with E-state index in [1.54, 1.807) is 12.1 Å². The Hall–Kier alpha value is -0.510. The van der Waals surface area contributed by atoms with Gasteiger partial charge in [0.15, 0.2) is 5.78 Å². The van der Waals surface area contributed by atoms with Gasteiger partial charge in [-0.15, -0.1) is 0 Å². The molecule has 0 spiro atoms. The van der Waals surface area contributed by atoms with E-state index >= 15 is 0 Å². The highest BCUT2D eigenvalue weighted by Gasteiger charge is 2.24. The molecule has 0 atom stereocenters. The van der Waals surface area contributed by atoms with Crippen LogP contribution in [-0.2, 0) is 0 Å². The highest BCUT2D eigenvalue weighted by Crippen LogP contribution is 2.30. The molecule has 1 saturated heterocycles. The van der Waals surface area contributed by atoms with Crippen molar-refractivity contribution in [3.8, 4) is 0 Å². The lowest BCUT2D eigenvalue weighted by atomic mass is 10.1. The molecule has 0 aliphatic carbocycles. The van der Waals surface area contributed by atoms with Crippen LogP contribution in [0, 0.1) is 0 Å². The first-order valence-electron chi connectivity index (χ1n) is 6.61. The molecule has 1 fully saturated rings. The van der Waals surface area contributed by atoms with Gasteiger partial charge in [0.05, 0.1) is 6.54 Å². The molecule has 0 saturated carbocycles. The molecule has 4 heteroatoms. The van der Waals surface area contributed by atoms with Gasteiger partial charge in [0.2, 0.25) is 0 Å². The Bertz CT molecular complexity index is 461. The topological polar surface area (TPSA) is 20.3 Å². The summed E-state index contributed by atoms with van der Waals surface area (Å²) >= 11 is 7.92. The van der Waals surface area contributed by atoms with Gasteiger partial charge in [-0.05, 0) is 25.1 Å². The lowest BCUT2D eigenvalue weighted by Gasteiger charge is -2.22. The third-order valence-electron chi connectivity index (χ3n) is 3.44. The van der Waals surface area contributed by atoms with E-state index in [0.717, 1.165) is 25.3 Å². The van der Waals surface area contributed by atoms with Crippen LogP contribution in [0.2, 0.25) is 5.02 Å². The SMILES string of the molecule is CC1(C)CCN(CC(=O)c2cccc(Cl)c2)CCS1. The lowest BCUT2D eigenvalue weighted by Crippen LogP contribution is -2.32. The van der Waals surface area contributed by atoms with Crippen molar-refractivity contribution in [2.45, 2.75) is 25.0 Å². The number of carbonyl (C=O) groups is 1. The summed E-state index contributed by atoms with van der Waals surface area (Å²) < 4.78 is 0.327. The number of hydrogen-bond donors (Lipinski definition) is 0. The Morgan fingerprint density at radius 3 is 2.95 bits per heavy atom. The third kappa shape index (κ3) is 4.51. The van der Waals surface area contributed by atoms with Crippen LogP contribution in [0.15, 0.2) is 24.3 Å². The molecule has 0 radical (unpaired) electrons. The van der Waals surface area contributed by atoms with Gasteiger partial charge < -0.3 is 0 Å². The first-order chi connectivity index (χ1) is 8.96. The van der Waals surface area contributed by atoms with E-state index in [1.165, 1.54) is 0 Å². The van der Waals surface area contributed by atoms with Crippen molar-refractivity contribution in [1.82, 2.24) is 4.90 Å². The van der Waals surface area contributed by atoms with Crippen molar-refractivity contribution >= 4 is 29.1 Å². The molecule has 1 aliphatic heterocycles. The number of rotatable bonds is 3. The van der Waals surface area contributed by atoms with Gasteiger partial charge in [-0.1, -0.05) is 37.6 Å². The van der Waals surface area contributed by atoms with Crippen LogP contribution in [0.1, 0.15) is 30.6 Å². The summed E-state index contributed by atoms with van der Waals surface area (Å²) in [5.74, 6) is 1.25. The monoisotopic (exact) mass is 297 g/mol. The molecule has 1 aromatic carbocycles. The van der Waals surface area contributed by atoms with E-state index in [4.69, 9.17) is 11.6 Å². The molecule has 0 aromatic heterocycles. The lowest BCUT2D eigenvalue weighted by molar-refractivity contribution is 0.0934. The molecule has 1 heterocycles. The highest BCUT2D eigenvalue weighted by atomic mass is 35.5. The van der Waals surface area contributed by atoms with E-state index in [2.05, 4.69) is 18.7 Å². The van der Waals surface area contributed by atoms with Crippen molar-refractivity contribution < 1.29 is 4.79 Å². The molecule has 1 aliphatic rings. The van der Waals surface area contributed by atoms with Crippen LogP contribution in [0.5, 0.6) is 0 Å². The van der Waals surface area contributed by atoms with Gasteiger partial charge in [-0.2, -0.15) is 11.8 Å². The van der Waals surface area contributed by atoms with Gasteiger partial charge in [0, 0.05) is 27.6 Å². The minimum atomic E-state index is 0.159. The maximum atomic E-state index is 12.2. The molecular formula is C15H20ClNOS. The standard InChI is InChI=1S/C15H20ClNOS/c1-15(2)6-7-17(8-9-19-15)11-14(18)12-4-3-5-13(16)10-12/h3-5,10H,6-9,11H2,1-2H3. The number of Topliss-reactive ketones (excluding diaryl/α,β-unsaturated/α-hetero) is 1. The maximum Gasteiger partial charge on any atom is 0.176 e. The second kappa shape index (κ2) is 6.29. The minimum Gasteiger partial charge on any atom is -0.295 e. The zero-order valence-electron chi connectivity index (χ0n) is 11.5. The molecule has 19 heavy (non-hydrogen) atoms. The predicted molar refractivity (Wildman–Crippen MR) is 83.4 cm³/mol. The van der Waals surface area contributed by atoms with Gasteiger partial charge in [0.1, 0.15) is 0 Å². The van der Waals surface area contributed by atoms with Crippen LogP contribution >= 0.6 is 23.4 Å². The molecule has 2 rings (SSSR count). The number of benzene rings is 1. The van der Waals surface area contributed by atoms with Gasteiger partial charge >= 0.3 is 0 Å². The first-order valence-corrected chi connectivity index (χ1v) is 7.98. The predicted octanol–water partition coefficient (Wildman–Crippen LogP) is 3.74. The second-order valence-corrected chi connectivity index (χ2v) is 7.81. The number of nitrogens with zero attached hydrogens (tertiary/aromatic N) is 1. The normalized spacial score (nSPS) is 19.9. The average molecular weight is 298 g/mol. The fourth-order valence-electron chi connectivity index (χ4n) is 2.18. The summed E-state index contributed by atoms with van der Waals surface area (Å²) in [7, 11) is 0. The number of thioether (sulfide) groups is 1. The van der Waals surface area contributed by atoms with Crippen molar-refractivity contribution in [3.63, 3.8) is 0 Å². The summed E-state index contributed by atoms with van der Waals surface area (Å²) in [5.41, 5.74) is 0.712. The molecule has 0 N–H and O–H groups in total. The van der Waals surface area contributed by atoms with E-state index < -0.39 is 0 Å². The van der Waals surface area contributed by atoms with Crippen molar-refractivity contribution in [2.24, 2.45) is 0 Å². The third-order valence-corrected chi connectivity index (χ3v) is 5.05. The van der Waals surface area contributed by atoms with E-state index in [0.29, 0.717) is 21.9 Å². The summed E-state index contributed by atoms with van der Waals surface area (Å²) in [5, 5.41) is 0.624. The second-order valence-electron chi connectivity index (χ2n) is 5.57. The largest absolute Gasteiger partial charge is 0.295 e. The van der Waals surface area contributed by atoms with Gasteiger partial charge in [-0.3, -0.25) is 9.69 Å². The van der Waals surface area contributed by atoms with Crippen LogP contribution in [0.3, 0.4) is 0 Å². The van der Waals surface area contributed by atoms with Gasteiger partial charge in [0.25, 0.3) is 0 Å². The molecular weight excluding hydrogens is 278 g/mol. The zero-order chi connectivity index (χ0) is 13.9. The molecule has 0 bridgehead atoms. The van der Waals surface area contributed by atoms with Crippen LogP contribution in [0.4, 0.5) is 0 Å². The van der Waals surface area contributed by atoms with Crippen molar-refractivity contribution in [3.05, 3.63) is 34.9 Å². The Balaban J connectivity index is 1.96. The number of carbonyl (C=O) groups excluding carboxylic acids is 1. The zero-order valence-corrected chi connectivity index (χ0v) is 13.1. The first kappa shape index (κ1) is 14.9. The van der Waals surface area contributed by atoms with Crippen LogP contribution in [0.25, 0.3) is 0 Å². The molecule has 104 valence electrons. The highest BCUT2D eigenvalue weighted by molar-refractivity contribution is 8.00. The summed E-state index contributed by atoms with van der Waals surface area (Å²) in [6, 6.07) is 7.21. The molecule has 2 nitrogen and oxygen atoms in total. The Labute approximate surface area is 124 Å².